The molecule has 2 aromatic carbocycles. The maximum Gasteiger partial charge on any atom is 0.195 e. The van der Waals surface area contributed by atoms with Gasteiger partial charge in [-0.05, 0) is 35.5 Å². The third kappa shape index (κ3) is 2.19. The summed E-state index contributed by atoms with van der Waals surface area (Å²) in [4.78, 5) is 0. The van der Waals surface area contributed by atoms with Crippen LogP contribution in [0.3, 0.4) is 0 Å². The predicted octanol–water partition coefficient (Wildman–Crippen LogP) is 4.17. The van der Waals surface area contributed by atoms with Crippen LogP contribution in [0.5, 0.6) is 0 Å². The number of hydrogen-bond acceptors (Lipinski definition) is 2. The van der Waals surface area contributed by atoms with Gasteiger partial charge in [-0.15, -0.1) is 0 Å². The van der Waals surface area contributed by atoms with Crippen molar-refractivity contribution in [3.05, 3.63) is 47.2 Å². The van der Waals surface area contributed by atoms with E-state index >= 15 is 0 Å². The van der Waals surface area contributed by atoms with Crippen molar-refractivity contribution in [1.29, 1.82) is 0 Å². The van der Waals surface area contributed by atoms with Gasteiger partial charge in [0.1, 0.15) is 0 Å². The first-order valence-corrected chi connectivity index (χ1v) is 6.85. The molecule has 1 N–H and O–H groups in total. The van der Waals surface area contributed by atoms with Crippen molar-refractivity contribution in [3.8, 4) is 11.4 Å². The average Bonchev–Trinajstić information content (AvgIpc) is 2.80. The van der Waals surface area contributed by atoms with Crippen molar-refractivity contribution in [2.24, 2.45) is 0 Å². The summed E-state index contributed by atoms with van der Waals surface area (Å²) < 4.78 is 2.74. The van der Waals surface area contributed by atoms with E-state index in [1.165, 1.54) is 10.8 Å². The number of H-pyrrole nitrogens is 1. The molecule has 0 bridgehead atoms. The number of rotatable bonds is 3. The highest BCUT2D eigenvalue weighted by Crippen LogP contribution is 2.23. The molecule has 3 nitrogen and oxygen atoms in total. The van der Waals surface area contributed by atoms with Crippen molar-refractivity contribution in [2.45, 2.75) is 19.9 Å². The Balaban J connectivity index is 2.16. The van der Waals surface area contributed by atoms with Crippen LogP contribution in [-0.4, -0.2) is 14.8 Å². The van der Waals surface area contributed by atoms with Crippen LogP contribution in [0.4, 0.5) is 0 Å². The molecule has 0 saturated carbocycles. The Morgan fingerprint density at radius 2 is 1.95 bits per heavy atom. The number of aromatic amines is 1. The summed E-state index contributed by atoms with van der Waals surface area (Å²) in [6, 6.07) is 14.7. The highest BCUT2D eigenvalue weighted by atomic mass is 32.1. The molecular formula is C15H15N3S. The van der Waals surface area contributed by atoms with Crippen molar-refractivity contribution < 1.29 is 0 Å². The first kappa shape index (κ1) is 12.1. The van der Waals surface area contributed by atoms with Crippen LogP contribution >= 0.6 is 12.2 Å². The second-order valence-corrected chi connectivity index (χ2v) is 4.95. The van der Waals surface area contributed by atoms with E-state index in [0.717, 1.165) is 24.4 Å². The van der Waals surface area contributed by atoms with Crippen LogP contribution in [0.1, 0.15) is 13.3 Å². The second-order valence-electron chi connectivity index (χ2n) is 4.57. The van der Waals surface area contributed by atoms with Gasteiger partial charge in [0.15, 0.2) is 10.6 Å². The minimum Gasteiger partial charge on any atom is -0.300 e. The molecule has 0 aliphatic carbocycles. The molecule has 1 heterocycles. The largest absolute Gasteiger partial charge is 0.300 e. The third-order valence-electron chi connectivity index (χ3n) is 3.21. The van der Waals surface area contributed by atoms with E-state index in [2.05, 4.69) is 64.2 Å². The highest BCUT2D eigenvalue weighted by molar-refractivity contribution is 7.71. The van der Waals surface area contributed by atoms with Crippen molar-refractivity contribution in [3.63, 3.8) is 0 Å². The Morgan fingerprint density at radius 3 is 2.74 bits per heavy atom. The summed E-state index contributed by atoms with van der Waals surface area (Å²) in [5.41, 5.74) is 1.10. The number of hydrogen-bond donors (Lipinski definition) is 1. The van der Waals surface area contributed by atoms with Crippen molar-refractivity contribution in [1.82, 2.24) is 14.8 Å². The summed E-state index contributed by atoms with van der Waals surface area (Å²) in [6.07, 6.45) is 1.04. The van der Waals surface area contributed by atoms with Gasteiger partial charge in [0.25, 0.3) is 0 Å². The summed E-state index contributed by atoms with van der Waals surface area (Å²) in [5.74, 6) is 0.914. The lowest BCUT2D eigenvalue weighted by Crippen LogP contribution is -1.99. The second kappa shape index (κ2) is 4.97. The molecule has 96 valence electrons. The molecule has 0 aliphatic heterocycles. The summed E-state index contributed by atoms with van der Waals surface area (Å²) in [7, 11) is 0. The van der Waals surface area contributed by atoms with Crippen LogP contribution in [0.15, 0.2) is 42.5 Å². The minimum atomic E-state index is 0.685. The quantitative estimate of drug-likeness (QED) is 0.724. The minimum absolute atomic E-state index is 0.685. The topological polar surface area (TPSA) is 33.6 Å². The van der Waals surface area contributed by atoms with Gasteiger partial charge in [-0.3, -0.25) is 5.10 Å². The number of fused-ring (bicyclic) bond motifs is 1. The molecule has 0 spiro atoms. The molecule has 1 aromatic heterocycles. The van der Waals surface area contributed by atoms with Gasteiger partial charge < -0.3 is 4.57 Å². The van der Waals surface area contributed by atoms with Gasteiger partial charge in [-0.2, -0.15) is 5.10 Å². The van der Waals surface area contributed by atoms with Crippen LogP contribution in [-0.2, 0) is 6.54 Å². The van der Waals surface area contributed by atoms with E-state index in [9.17, 15) is 0 Å². The lowest BCUT2D eigenvalue weighted by Gasteiger charge is -2.06. The summed E-state index contributed by atoms with van der Waals surface area (Å²) >= 11 is 5.28. The normalized spacial score (nSPS) is 11.0. The van der Waals surface area contributed by atoms with E-state index in [1.54, 1.807) is 0 Å². The lowest BCUT2D eigenvalue weighted by atomic mass is 10.1. The fourth-order valence-corrected chi connectivity index (χ4v) is 2.52. The molecule has 0 aliphatic rings. The predicted molar refractivity (Wildman–Crippen MR) is 80.6 cm³/mol. The first-order valence-electron chi connectivity index (χ1n) is 6.44. The molecule has 0 atom stereocenters. The molecule has 0 radical (unpaired) electrons. The molecule has 0 unspecified atom stereocenters. The molecule has 19 heavy (non-hydrogen) atoms. The molecule has 0 saturated heterocycles. The van der Waals surface area contributed by atoms with Gasteiger partial charge in [0.05, 0.1) is 0 Å². The van der Waals surface area contributed by atoms with Crippen LogP contribution < -0.4 is 0 Å². The van der Waals surface area contributed by atoms with Gasteiger partial charge >= 0.3 is 0 Å². The van der Waals surface area contributed by atoms with Crippen LogP contribution in [0.25, 0.3) is 22.2 Å². The summed E-state index contributed by atoms with van der Waals surface area (Å²) in [5, 5.41) is 9.70. The molecule has 3 rings (SSSR count). The first-order chi connectivity index (χ1) is 9.29. The van der Waals surface area contributed by atoms with E-state index in [4.69, 9.17) is 12.2 Å². The zero-order valence-electron chi connectivity index (χ0n) is 10.8. The molecule has 0 fully saturated rings. The van der Waals surface area contributed by atoms with Gasteiger partial charge in [-0.1, -0.05) is 43.3 Å². The van der Waals surface area contributed by atoms with Gasteiger partial charge in [-0.25, -0.2) is 0 Å². The van der Waals surface area contributed by atoms with E-state index < -0.39 is 0 Å². The standard InChI is InChI=1S/C15H15N3S/c1-2-9-18-14(16-17-15(18)19)13-8-7-11-5-3-4-6-12(11)10-13/h3-8,10H,2,9H2,1H3,(H,17,19). The van der Waals surface area contributed by atoms with E-state index in [1.807, 2.05) is 0 Å². The Kier molecular flexibility index (Phi) is 3.17. The fraction of sp³-hybridized carbons (Fsp3) is 0.200. The number of aromatic nitrogens is 3. The number of nitrogens with one attached hydrogen (secondary N) is 1. The highest BCUT2D eigenvalue weighted by Gasteiger charge is 2.08. The zero-order valence-corrected chi connectivity index (χ0v) is 11.6. The Morgan fingerprint density at radius 1 is 1.16 bits per heavy atom. The van der Waals surface area contributed by atoms with E-state index in [0.29, 0.717) is 4.77 Å². The molecule has 4 heteroatoms. The Hall–Kier alpha value is -1.94. The third-order valence-corrected chi connectivity index (χ3v) is 3.52. The van der Waals surface area contributed by atoms with Gasteiger partial charge in [0.2, 0.25) is 0 Å². The maximum absolute atomic E-state index is 5.28. The SMILES string of the molecule is CCCn1c(-c2ccc3ccccc3c2)n[nH]c1=S. The number of benzene rings is 2. The molecule has 3 aromatic rings. The Bertz CT molecular complexity index is 770. The van der Waals surface area contributed by atoms with Crippen LogP contribution in [0, 0.1) is 4.77 Å². The monoisotopic (exact) mass is 269 g/mol. The van der Waals surface area contributed by atoms with Crippen molar-refractivity contribution >= 4 is 23.0 Å². The van der Waals surface area contributed by atoms with Gasteiger partial charge in [0, 0.05) is 12.1 Å². The number of nitrogens with zero attached hydrogens (tertiary/aromatic N) is 2. The average molecular weight is 269 g/mol. The lowest BCUT2D eigenvalue weighted by molar-refractivity contribution is 0.675. The Labute approximate surface area is 116 Å². The van der Waals surface area contributed by atoms with E-state index in [-0.39, 0.29) is 0 Å². The molecular weight excluding hydrogens is 254 g/mol. The van der Waals surface area contributed by atoms with Crippen LogP contribution in [0.2, 0.25) is 0 Å². The molecule has 0 amide bonds. The summed E-state index contributed by atoms with van der Waals surface area (Å²) in [6.45, 7) is 3.02. The maximum atomic E-state index is 5.28. The smallest absolute Gasteiger partial charge is 0.195 e. The van der Waals surface area contributed by atoms with Crippen molar-refractivity contribution in [2.75, 3.05) is 0 Å². The fourth-order valence-electron chi connectivity index (χ4n) is 2.30. The zero-order chi connectivity index (χ0) is 13.2.